The van der Waals surface area contributed by atoms with Crippen molar-refractivity contribution in [1.29, 1.82) is 0 Å². The van der Waals surface area contributed by atoms with Crippen LogP contribution in [0.5, 0.6) is 0 Å². The van der Waals surface area contributed by atoms with Gasteiger partial charge in [-0.3, -0.25) is 0 Å². The molecular weight excluding hydrogens is 746 g/mol. The van der Waals surface area contributed by atoms with Crippen molar-refractivity contribution in [1.82, 2.24) is 0 Å². The fourth-order valence-corrected chi connectivity index (χ4v) is 6.88. The van der Waals surface area contributed by atoms with Crippen LogP contribution in [0.3, 0.4) is 0 Å². The van der Waals surface area contributed by atoms with Crippen molar-refractivity contribution >= 4 is 45.1 Å². The smallest absolute Gasteiger partial charge is 0.343 e. The second-order valence-corrected chi connectivity index (χ2v) is 13.1. The number of nitrogens with zero attached hydrogens (tertiary/aromatic N) is 4. The van der Waals surface area contributed by atoms with Gasteiger partial charge in [0.1, 0.15) is 0 Å². The van der Waals surface area contributed by atoms with Crippen LogP contribution in [0, 0.1) is 6.92 Å². The van der Waals surface area contributed by atoms with Crippen LogP contribution in [0.2, 0.25) is 0 Å². The molecule has 4 aromatic rings. The molecule has 0 aromatic heterocycles. The molecule has 0 atom stereocenters. The standard InChI is InChI=1S/C44H28N4.C5H11.Ru/c1-5-13-29(14-6-1)38-27-37-26-35-22-21-33(45-35)25-34-23-24-36(46-34)28-39-40(30-15-7-2-8-16-30)41(31-17-9-3-10-18-31)44(48-39)42(43(38)47-37)32-19-11-4-12-20-32;1-3-5-4-2;/h1-28H;1,3-5H2,2H3;/q;-1;+1. The number of hydrogen-bond acceptors (Lipinski definition) is 4. The molecule has 0 fully saturated rings. The molecule has 0 unspecified atom stereocenters. The Bertz CT molecular complexity index is 2430. The first-order valence-electron chi connectivity index (χ1n) is 18.3. The molecule has 54 heavy (non-hydrogen) atoms. The summed E-state index contributed by atoms with van der Waals surface area (Å²) in [7, 11) is 0. The molecule has 5 aliphatic heterocycles. The molecule has 4 aromatic carbocycles. The molecule has 0 saturated carbocycles. The Morgan fingerprint density at radius 3 is 1.46 bits per heavy atom. The Balaban J connectivity index is 0.000000706. The van der Waals surface area contributed by atoms with Gasteiger partial charge >= 0.3 is 19.5 Å². The van der Waals surface area contributed by atoms with Gasteiger partial charge in [0.05, 0.1) is 45.6 Å². The van der Waals surface area contributed by atoms with Crippen LogP contribution in [-0.2, 0) is 19.5 Å². The summed E-state index contributed by atoms with van der Waals surface area (Å²) in [6.07, 6.45) is 20.1. The average Bonchev–Trinajstić information content (AvgIpc) is 4.01. The monoisotopic (exact) mass is 785 g/mol. The fourth-order valence-electron chi connectivity index (χ4n) is 6.88. The third-order valence-corrected chi connectivity index (χ3v) is 9.36. The van der Waals surface area contributed by atoms with Crippen LogP contribution in [0.4, 0.5) is 0 Å². The van der Waals surface area contributed by atoms with E-state index in [-0.39, 0.29) is 19.5 Å². The maximum Gasteiger partial charge on any atom is 1.00 e. The molecule has 0 N–H and O–H groups in total. The molecule has 1 radical (unpaired) electrons. The van der Waals surface area contributed by atoms with E-state index in [1.165, 1.54) is 12.8 Å². The van der Waals surface area contributed by atoms with E-state index in [9.17, 15) is 0 Å². The molecular formula is C49H39N4Ru. The van der Waals surface area contributed by atoms with E-state index in [0.717, 1.165) is 96.6 Å². The van der Waals surface area contributed by atoms with Crippen LogP contribution >= 0.6 is 0 Å². The van der Waals surface area contributed by atoms with E-state index in [4.69, 9.17) is 20.0 Å². The average molecular weight is 785 g/mol. The normalized spacial score (nSPS) is 16.6. The maximum absolute atomic E-state index is 5.56. The summed E-state index contributed by atoms with van der Waals surface area (Å²) < 4.78 is 0. The van der Waals surface area contributed by atoms with Crippen LogP contribution in [0.15, 0.2) is 213 Å². The van der Waals surface area contributed by atoms with Crippen LogP contribution in [-0.4, -0.2) is 22.8 Å². The molecule has 5 heteroatoms. The number of allylic oxidation sites excluding steroid dienone is 12. The van der Waals surface area contributed by atoms with Crippen molar-refractivity contribution < 1.29 is 19.5 Å². The van der Waals surface area contributed by atoms with Gasteiger partial charge in [-0.1, -0.05) is 141 Å². The SMILES string of the molecule is C1=CC2=NC1=CC1=NC(=C(c3ccccc3)C3=NC(=CC4=NC(=C2)C=C4)C=C3c2ccccc2)C(c2ccccc2)=C1c1ccccc1.[CH2-]CCCC.[Ru+]. The Morgan fingerprint density at radius 1 is 0.463 bits per heavy atom. The molecule has 9 rings (SSSR count). The van der Waals surface area contributed by atoms with Crippen molar-refractivity contribution in [2.45, 2.75) is 26.2 Å². The number of hydrogen-bond donors (Lipinski definition) is 0. The quantitative estimate of drug-likeness (QED) is 0.138. The first-order chi connectivity index (χ1) is 26.2. The number of fused-ring (bicyclic) bond motifs is 4. The zero-order valence-corrected chi connectivity index (χ0v) is 31.9. The molecule has 0 spiro atoms. The van der Waals surface area contributed by atoms with Gasteiger partial charge in [-0.2, -0.15) is 6.42 Å². The first-order valence-corrected chi connectivity index (χ1v) is 18.3. The maximum atomic E-state index is 5.56. The van der Waals surface area contributed by atoms with Gasteiger partial charge in [0.25, 0.3) is 0 Å². The summed E-state index contributed by atoms with van der Waals surface area (Å²) in [6.45, 7) is 5.85. The topological polar surface area (TPSA) is 49.4 Å². The minimum absolute atomic E-state index is 0. The van der Waals surface area contributed by atoms with Crippen molar-refractivity contribution in [3.8, 4) is 0 Å². The summed E-state index contributed by atoms with van der Waals surface area (Å²) in [6, 6.07) is 42.1. The van der Waals surface area contributed by atoms with Gasteiger partial charge in [0.15, 0.2) is 0 Å². The molecule has 0 aliphatic carbocycles. The van der Waals surface area contributed by atoms with Gasteiger partial charge < -0.3 is 6.92 Å². The molecule has 8 bridgehead atoms. The van der Waals surface area contributed by atoms with Crippen LogP contribution in [0.1, 0.15) is 48.4 Å². The third kappa shape index (κ3) is 7.74. The summed E-state index contributed by atoms with van der Waals surface area (Å²) in [5.41, 5.74) is 15.3. The number of aliphatic imine (C=N–C) groups is 4. The summed E-state index contributed by atoms with van der Waals surface area (Å²) in [5, 5.41) is 0. The van der Waals surface area contributed by atoms with E-state index >= 15 is 0 Å². The minimum Gasteiger partial charge on any atom is -0.343 e. The number of rotatable bonds is 6. The third-order valence-electron chi connectivity index (χ3n) is 9.36. The van der Waals surface area contributed by atoms with Crippen molar-refractivity contribution in [3.05, 3.63) is 222 Å². The second-order valence-electron chi connectivity index (χ2n) is 13.1. The second kappa shape index (κ2) is 16.8. The summed E-state index contributed by atoms with van der Waals surface area (Å²) in [4.78, 5) is 20.8. The van der Waals surface area contributed by atoms with Crippen molar-refractivity contribution in [2.75, 3.05) is 0 Å². The van der Waals surface area contributed by atoms with E-state index in [2.05, 4.69) is 147 Å². The van der Waals surface area contributed by atoms with Crippen molar-refractivity contribution in [2.24, 2.45) is 20.0 Å². The summed E-state index contributed by atoms with van der Waals surface area (Å²) in [5.74, 6) is 0. The van der Waals surface area contributed by atoms with Gasteiger partial charge in [-0.15, -0.1) is 0 Å². The summed E-state index contributed by atoms with van der Waals surface area (Å²) >= 11 is 0. The Kier molecular flexibility index (Phi) is 11.4. The van der Waals surface area contributed by atoms with Crippen LogP contribution in [0.25, 0.3) is 22.3 Å². The van der Waals surface area contributed by atoms with E-state index in [1.807, 2.05) is 36.4 Å². The Labute approximate surface area is 331 Å². The zero-order valence-electron chi connectivity index (χ0n) is 30.1. The van der Waals surface area contributed by atoms with Gasteiger partial charge in [0, 0.05) is 22.3 Å². The number of benzene rings is 4. The van der Waals surface area contributed by atoms with Gasteiger partial charge in [0.2, 0.25) is 0 Å². The molecule has 5 aliphatic rings. The Hall–Kier alpha value is -5.90. The number of unbranched alkanes of at least 4 members (excludes halogenated alkanes) is 2. The van der Waals surface area contributed by atoms with E-state index in [0.29, 0.717) is 0 Å². The molecule has 5 heterocycles. The van der Waals surface area contributed by atoms with Crippen LogP contribution < -0.4 is 0 Å². The Morgan fingerprint density at radius 2 is 0.944 bits per heavy atom. The molecule has 4 nitrogen and oxygen atoms in total. The fraction of sp³-hybridized carbons (Fsp3) is 0.0816. The zero-order chi connectivity index (χ0) is 36.0. The first kappa shape index (κ1) is 36.5. The molecule has 0 saturated heterocycles. The molecule has 263 valence electrons. The predicted molar refractivity (Wildman–Crippen MR) is 225 cm³/mol. The van der Waals surface area contributed by atoms with Crippen molar-refractivity contribution in [3.63, 3.8) is 0 Å². The largest absolute Gasteiger partial charge is 1.00 e. The van der Waals surface area contributed by atoms with Gasteiger partial charge in [-0.05, 0) is 70.9 Å². The van der Waals surface area contributed by atoms with Gasteiger partial charge in [-0.25, -0.2) is 20.0 Å². The minimum atomic E-state index is 0. The van der Waals surface area contributed by atoms with E-state index < -0.39 is 0 Å². The predicted octanol–water partition coefficient (Wildman–Crippen LogP) is 11.7. The molecule has 0 amide bonds. The van der Waals surface area contributed by atoms with E-state index in [1.54, 1.807) is 0 Å².